The Labute approximate surface area is 129 Å². The van der Waals surface area contributed by atoms with E-state index in [1.807, 2.05) is 0 Å². The number of benzene rings is 1. The smallest absolute Gasteiger partial charge is 0.308 e. The maximum Gasteiger partial charge on any atom is 0.416 e. The van der Waals surface area contributed by atoms with Crippen LogP contribution in [0.1, 0.15) is 11.1 Å². The molecule has 124 valence electrons. The second-order valence-electron chi connectivity index (χ2n) is 5.16. The number of aryl methyl sites for hydroxylation is 1. The summed E-state index contributed by atoms with van der Waals surface area (Å²) in [5.41, 5.74) is -0.680. The van der Waals surface area contributed by atoms with Crippen molar-refractivity contribution in [1.82, 2.24) is 9.80 Å². The van der Waals surface area contributed by atoms with Crippen molar-refractivity contribution in [3.8, 4) is 0 Å². The van der Waals surface area contributed by atoms with E-state index in [1.54, 1.807) is 0 Å². The van der Waals surface area contributed by atoms with E-state index in [9.17, 15) is 27.6 Å². The Bertz CT molecular complexity index is 655. The average Bonchev–Trinajstić information content (AvgIpc) is 2.42. The van der Waals surface area contributed by atoms with Crippen LogP contribution < -0.4 is 5.32 Å². The van der Waals surface area contributed by atoms with Crippen LogP contribution in [0, 0.1) is 6.92 Å². The molecular weight excluding hydrogens is 315 g/mol. The summed E-state index contributed by atoms with van der Waals surface area (Å²) in [4.78, 5) is 37.0. The summed E-state index contributed by atoms with van der Waals surface area (Å²) in [6.07, 6.45) is -4.47. The molecular formula is C14H14F3N3O3. The molecule has 0 spiro atoms. The highest BCUT2D eigenvalue weighted by Gasteiger charge is 2.33. The number of rotatable bonds is 1. The maximum atomic E-state index is 12.7. The first-order chi connectivity index (χ1) is 10.6. The van der Waals surface area contributed by atoms with Gasteiger partial charge in [-0.1, -0.05) is 0 Å². The lowest BCUT2D eigenvalue weighted by Gasteiger charge is -2.30. The summed E-state index contributed by atoms with van der Waals surface area (Å²) in [6.45, 7) is 0.739. The van der Waals surface area contributed by atoms with Crippen LogP contribution >= 0.6 is 0 Å². The van der Waals surface area contributed by atoms with Crippen LogP contribution in [0.3, 0.4) is 0 Å². The zero-order chi connectivity index (χ0) is 17.4. The third-order valence-corrected chi connectivity index (χ3v) is 3.47. The number of nitrogens with zero attached hydrogens (tertiary/aromatic N) is 2. The summed E-state index contributed by atoms with van der Waals surface area (Å²) < 4.78 is 38.0. The van der Waals surface area contributed by atoms with Gasteiger partial charge in [-0.25, -0.2) is 4.79 Å². The molecule has 0 aliphatic carbocycles. The van der Waals surface area contributed by atoms with Crippen LogP contribution in [-0.2, 0) is 15.8 Å². The molecule has 1 N–H and O–H groups in total. The lowest BCUT2D eigenvalue weighted by atomic mass is 10.1. The first-order valence-corrected chi connectivity index (χ1v) is 6.62. The summed E-state index contributed by atoms with van der Waals surface area (Å²) in [6, 6.07) is 2.44. The van der Waals surface area contributed by atoms with Crippen molar-refractivity contribution in [3.05, 3.63) is 29.3 Å². The molecule has 1 aliphatic heterocycles. The monoisotopic (exact) mass is 329 g/mol. The maximum absolute atomic E-state index is 12.7. The van der Waals surface area contributed by atoms with Crippen LogP contribution in [0.2, 0.25) is 0 Å². The number of alkyl halides is 3. The predicted octanol–water partition coefficient (Wildman–Crippen LogP) is 1.85. The molecule has 0 radical (unpaired) electrons. The molecule has 0 aromatic heterocycles. The Morgan fingerprint density at radius 1 is 1.17 bits per heavy atom. The van der Waals surface area contributed by atoms with Crippen molar-refractivity contribution in [2.75, 3.05) is 25.5 Å². The predicted molar refractivity (Wildman–Crippen MR) is 74.5 cm³/mol. The second-order valence-corrected chi connectivity index (χ2v) is 5.16. The van der Waals surface area contributed by atoms with Gasteiger partial charge in [-0.3, -0.25) is 14.5 Å². The quantitative estimate of drug-likeness (QED) is 0.800. The number of carbonyl (C=O) groups is 3. The first-order valence-electron chi connectivity index (χ1n) is 6.62. The summed E-state index contributed by atoms with van der Waals surface area (Å²) >= 11 is 0. The fourth-order valence-electron chi connectivity index (χ4n) is 2.14. The number of halogens is 3. The van der Waals surface area contributed by atoms with Gasteiger partial charge in [0.25, 0.3) is 0 Å². The zero-order valence-corrected chi connectivity index (χ0v) is 12.4. The average molecular weight is 329 g/mol. The van der Waals surface area contributed by atoms with E-state index in [1.165, 1.54) is 20.0 Å². The highest BCUT2D eigenvalue weighted by Crippen LogP contribution is 2.32. The SMILES string of the molecule is Cc1cc(NC(=O)N2CC(=O)N(C)C(=O)C2)ccc1C(F)(F)F. The summed E-state index contributed by atoms with van der Waals surface area (Å²) in [7, 11) is 1.32. The fourth-order valence-corrected chi connectivity index (χ4v) is 2.14. The van der Waals surface area contributed by atoms with Gasteiger partial charge in [0.2, 0.25) is 11.8 Å². The number of nitrogens with one attached hydrogen (secondary N) is 1. The van der Waals surface area contributed by atoms with Crippen LogP contribution in [-0.4, -0.2) is 47.8 Å². The molecule has 1 fully saturated rings. The van der Waals surface area contributed by atoms with Gasteiger partial charge in [-0.15, -0.1) is 0 Å². The molecule has 6 nitrogen and oxygen atoms in total. The Hall–Kier alpha value is -2.58. The van der Waals surface area contributed by atoms with Crippen molar-refractivity contribution in [2.45, 2.75) is 13.1 Å². The third-order valence-electron chi connectivity index (χ3n) is 3.47. The minimum absolute atomic E-state index is 0.0409. The number of urea groups is 1. The van der Waals surface area contributed by atoms with Crippen molar-refractivity contribution < 1.29 is 27.6 Å². The number of likely N-dealkylation sites (N-methyl/N-ethyl adjacent to an activating group) is 1. The molecule has 1 saturated heterocycles. The third kappa shape index (κ3) is 3.61. The van der Waals surface area contributed by atoms with Crippen molar-refractivity contribution in [1.29, 1.82) is 0 Å². The number of imide groups is 1. The van der Waals surface area contributed by atoms with Crippen LogP contribution in [0.15, 0.2) is 18.2 Å². The normalized spacial score (nSPS) is 15.9. The fraction of sp³-hybridized carbons (Fsp3) is 0.357. The number of amides is 4. The molecule has 1 aromatic rings. The topological polar surface area (TPSA) is 69.7 Å². The first kappa shape index (κ1) is 16.8. The van der Waals surface area contributed by atoms with Crippen molar-refractivity contribution in [3.63, 3.8) is 0 Å². The van der Waals surface area contributed by atoms with Gasteiger partial charge in [-0.05, 0) is 30.7 Å². The van der Waals surface area contributed by atoms with E-state index < -0.39 is 29.6 Å². The zero-order valence-electron chi connectivity index (χ0n) is 12.4. The van der Waals surface area contributed by atoms with Gasteiger partial charge in [0, 0.05) is 12.7 Å². The van der Waals surface area contributed by atoms with Gasteiger partial charge < -0.3 is 10.2 Å². The van der Waals surface area contributed by atoms with Gasteiger partial charge in [0.1, 0.15) is 13.1 Å². The van der Waals surface area contributed by atoms with Crippen LogP contribution in [0.5, 0.6) is 0 Å². The molecule has 0 bridgehead atoms. The molecule has 4 amide bonds. The van der Waals surface area contributed by atoms with Crippen molar-refractivity contribution >= 4 is 23.5 Å². The molecule has 1 aromatic carbocycles. The van der Waals surface area contributed by atoms with E-state index >= 15 is 0 Å². The minimum atomic E-state index is -4.47. The largest absolute Gasteiger partial charge is 0.416 e. The van der Waals surface area contributed by atoms with Crippen molar-refractivity contribution in [2.24, 2.45) is 0 Å². The number of piperazine rings is 1. The molecule has 23 heavy (non-hydrogen) atoms. The van der Waals surface area contributed by atoms with E-state index in [-0.39, 0.29) is 24.3 Å². The molecule has 1 aliphatic rings. The number of carbonyl (C=O) groups excluding carboxylic acids is 3. The van der Waals surface area contributed by atoms with Gasteiger partial charge in [0.05, 0.1) is 5.56 Å². The minimum Gasteiger partial charge on any atom is -0.308 e. The van der Waals surface area contributed by atoms with Gasteiger partial charge >= 0.3 is 12.2 Å². The number of anilines is 1. The number of hydrogen-bond donors (Lipinski definition) is 1. The van der Waals surface area contributed by atoms with Crippen LogP contribution in [0.4, 0.5) is 23.7 Å². The van der Waals surface area contributed by atoms with Gasteiger partial charge in [0.15, 0.2) is 0 Å². The summed E-state index contributed by atoms with van der Waals surface area (Å²) in [5.74, 6) is -1.06. The molecule has 0 saturated carbocycles. The van der Waals surface area contributed by atoms with E-state index in [2.05, 4.69) is 5.32 Å². The highest BCUT2D eigenvalue weighted by atomic mass is 19.4. The van der Waals surface area contributed by atoms with Gasteiger partial charge in [-0.2, -0.15) is 13.2 Å². The standard InChI is InChI=1S/C14H14F3N3O3/c1-8-5-9(3-4-10(8)14(15,16)17)18-13(23)20-6-11(21)19(2)12(22)7-20/h3-5H,6-7H2,1-2H3,(H,18,23). The summed E-state index contributed by atoms with van der Waals surface area (Å²) in [5, 5.41) is 2.38. The molecule has 1 heterocycles. The Kier molecular flexibility index (Phi) is 4.31. The van der Waals surface area contributed by atoms with E-state index in [0.29, 0.717) is 0 Å². The lowest BCUT2D eigenvalue weighted by molar-refractivity contribution is -0.148. The molecule has 0 atom stereocenters. The van der Waals surface area contributed by atoms with E-state index in [4.69, 9.17) is 0 Å². The second kappa shape index (κ2) is 5.90. The van der Waals surface area contributed by atoms with E-state index in [0.717, 1.165) is 21.9 Å². The molecule has 0 unspecified atom stereocenters. The Morgan fingerprint density at radius 3 is 2.22 bits per heavy atom. The molecule has 9 heteroatoms. The highest BCUT2D eigenvalue weighted by molar-refractivity contribution is 6.04. The Balaban J connectivity index is 2.11. The van der Waals surface area contributed by atoms with Crippen LogP contribution in [0.25, 0.3) is 0 Å². The Morgan fingerprint density at radius 2 is 1.74 bits per heavy atom. The lowest BCUT2D eigenvalue weighted by Crippen LogP contribution is -2.54. The number of hydrogen-bond acceptors (Lipinski definition) is 3. The molecule has 2 rings (SSSR count).